The van der Waals surface area contributed by atoms with Crippen molar-refractivity contribution in [1.82, 2.24) is 4.90 Å². The highest BCUT2D eigenvalue weighted by atomic mass is 35.5. The first-order valence-corrected chi connectivity index (χ1v) is 13.6. The summed E-state index contributed by atoms with van der Waals surface area (Å²) >= 11 is 7.80. The molecule has 0 aliphatic carbocycles. The van der Waals surface area contributed by atoms with Gasteiger partial charge in [-0.1, -0.05) is 71.4 Å². The minimum Gasteiger partial charge on any atom is -0.489 e. The van der Waals surface area contributed by atoms with Crippen LogP contribution in [0.4, 0.5) is 5.69 Å². The van der Waals surface area contributed by atoms with E-state index in [9.17, 15) is 10.1 Å². The Morgan fingerprint density at radius 2 is 1.78 bits per heavy atom. The average Bonchev–Trinajstić information content (AvgIpc) is 2.88. The standard InChI is InChI=1S/C30H28ClN3O2S/c1-19-12-20(2)29(21(3)13-19)33-17-34-28(35)14-25(26(15-32)30(34)37-18-33)22-8-10-24(11-9-22)36-16-23-6-4-5-7-27(23)31/h4-13,25H,14,16-18H2,1-3H3/t25-/m1/s1. The number of rotatable bonds is 5. The summed E-state index contributed by atoms with van der Waals surface area (Å²) in [5.41, 5.74) is 7.31. The van der Waals surface area contributed by atoms with E-state index in [-0.39, 0.29) is 18.2 Å². The molecule has 0 aromatic heterocycles. The van der Waals surface area contributed by atoms with Crippen LogP contribution in [-0.2, 0) is 11.4 Å². The van der Waals surface area contributed by atoms with Crippen molar-refractivity contribution in [3.8, 4) is 11.8 Å². The van der Waals surface area contributed by atoms with Crippen LogP contribution in [0, 0.1) is 32.1 Å². The number of hydrogen-bond donors (Lipinski definition) is 0. The Balaban J connectivity index is 1.35. The Bertz CT molecular complexity index is 1400. The number of allylic oxidation sites excluding steroid dienone is 1. The number of benzene rings is 3. The lowest BCUT2D eigenvalue weighted by Crippen LogP contribution is -2.47. The van der Waals surface area contributed by atoms with E-state index in [1.165, 1.54) is 16.7 Å². The van der Waals surface area contributed by atoms with E-state index in [0.717, 1.165) is 21.8 Å². The molecule has 0 radical (unpaired) electrons. The predicted molar refractivity (Wildman–Crippen MR) is 150 cm³/mol. The number of nitrogens with zero attached hydrogens (tertiary/aromatic N) is 3. The molecule has 2 heterocycles. The van der Waals surface area contributed by atoms with Crippen LogP contribution in [0.5, 0.6) is 5.75 Å². The minimum absolute atomic E-state index is 0.0395. The van der Waals surface area contributed by atoms with Gasteiger partial charge in [-0.15, -0.1) is 0 Å². The summed E-state index contributed by atoms with van der Waals surface area (Å²) < 4.78 is 5.91. The van der Waals surface area contributed by atoms with Gasteiger partial charge in [0.1, 0.15) is 12.4 Å². The molecule has 2 aliphatic rings. The van der Waals surface area contributed by atoms with Gasteiger partial charge in [0, 0.05) is 28.6 Å². The molecular weight excluding hydrogens is 502 g/mol. The largest absolute Gasteiger partial charge is 0.489 e. The van der Waals surface area contributed by atoms with Crippen molar-refractivity contribution >= 4 is 35.0 Å². The Morgan fingerprint density at radius 1 is 1.08 bits per heavy atom. The maximum absolute atomic E-state index is 13.3. The van der Waals surface area contributed by atoms with Crippen molar-refractivity contribution in [2.24, 2.45) is 0 Å². The number of thioether (sulfide) groups is 1. The van der Waals surface area contributed by atoms with Crippen LogP contribution in [0.1, 0.15) is 40.2 Å². The van der Waals surface area contributed by atoms with E-state index < -0.39 is 0 Å². The molecule has 1 amide bonds. The molecule has 1 saturated heterocycles. The van der Waals surface area contributed by atoms with Crippen molar-refractivity contribution < 1.29 is 9.53 Å². The molecule has 1 fully saturated rings. The van der Waals surface area contributed by atoms with Crippen LogP contribution in [0.2, 0.25) is 5.02 Å². The highest BCUT2D eigenvalue weighted by molar-refractivity contribution is 8.03. The summed E-state index contributed by atoms with van der Waals surface area (Å²) in [4.78, 5) is 17.4. The lowest BCUT2D eigenvalue weighted by molar-refractivity contribution is -0.129. The second-order valence-electron chi connectivity index (χ2n) is 9.56. The van der Waals surface area contributed by atoms with Crippen molar-refractivity contribution in [2.45, 2.75) is 39.7 Å². The zero-order valence-corrected chi connectivity index (χ0v) is 22.7. The number of carbonyl (C=O) groups is 1. The van der Waals surface area contributed by atoms with Gasteiger partial charge in [-0.2, -0.15) is 5.26 Å². The van der Waals surface area contributed by atoms with Crippen LogP contribution < -0.4 is 9.64 Å². The van der Waals surface area contributed by atoms with Gasteiger partial charge in [0.25, 0.3) is 0 Å². The van der Waals surface area contributed by atoms with Crippen molar-refractivity contribution in [3.63, 3.8) is 0 Å². The van der Waals surface area contributed by atoms with E-state index in [4.69, 9.17) is 16.3 Å². The second kappa shape index (κ2) is 10.5. The van der Waals surface area contributed by atoms with Crippen LogP contribution in [0.25, 0.3) is 0 Å². The Kier molecular flexibility index (Phi) is 7.19. The summed E-state index contributed by atoms with van der Waals surface area (Å²) in [6.07, 6.45) is 0.270. The summed E-state index contributed by atoms with van der Waals surface area (Å²) in [7, 11) is 0. The summed E-state index contributed by atoms with van der Waals surface area (Å²) in [5.74, 6) is 1.18. The number of halogens is 1. The number of hydrogen-bond acceptors (Lipinski definition) is 5. The summed E-state index contributed by atoms with van der Waals surface area (Å²) in [5, 5.41) is 11.6. The zero-order chi connectivity index (χ0) is 26.1. The van der Waals surface area contributed by atoms with Crippen LogP contribution in [0.3, 0.4) is 0 Å². The summed E-state index contributed by atoms with van der Waals surface area (Å²) in [6.45, 7) is 7.15. The van der Waals surface area contributed by atoms with E-state index in [1.54, 1.807) is 16.7 Å². The predicted octanol–water partition coefficient (Wildman–Crippen LogP) is 7.06. The first kappa shape index (κ1) is 25.3. The molecule has 5 nitrogen and oxygen atoms in total. The third-order valence-electron chi connectivity index (χ3n) is 6.88. The molecule has 0 N–H and O–H groups in total. The highest BCUT2D eigenvalue weighted by Crippen LogP contribution is 2.44. The third kappa shape index (κ3) is 5.07. The number of carbonyl (C=O) groups excluding carboxylic acids is 1. The molecular formula is C30H28ClN3O2S. The average molecular weight is 530 g/mol. The van der Waals surface area contributed by atoms with Crippen molar-refractivity contribution in [2.75, 3.05) is 17.4 Å². The topological polar surface area (TPSA) is 56.6 Å². The van der Waals surface area contributed by atoms with Gasteiger partial charge in [-0.05, 0) is 55.7 Å². The second-order valence-corrected chi connectivity index (χ2v) is 10.9. The first-order valence-electron chi connectivity index (χ1n) is 12.2. The van der Waals surface area contributed by atoms with Crippen LogP contribution in [-0.4, -0.2) is 23.4 Å². The molecule has 3 aromatic carbocycles. The van der Waals surface area contributed by atoms with E-state index >= 15 is 0 Å². The van der Waals surface area contributed by atoms with Crippen molar-refractivity contribution in [3.05, 3.63) is 104 Å². The smallest absolute Gasteiger partial charge is 0.229 e. The third-order valence-corrected chi connectivity index (χ3v) is 8.40. The maximum atomic E-state index is 13.3. The lowest BCUT2D eigenvalue weighted by Gasteiger charge is -2.43. The Labute approximate surface area is 227 Å². The quantitative estimate of drug-likeness (QED) is 0.354. The fourth-order valence-electron chi connectivity index (χ4n) is 5.23. The molecule has 7 heteroatoms. The van der Waals surface area contributed by atoms with Gasteiger partial charge >= 0.3 is 0 Å². The molecule has 5 rings (SSSR count). The van der Waals surface area contributed by atoms with Gasteiger partial charge in [0.2, 0.25) is 5.91 Å². The van der Waals surface area contributed by atoms with E-state index in [0.29, 0.717) is 35.5 Å². The van der Waals surface area contributed by atoms with Gasteiger partial charge < -0.3 is 9.64 Å². The number of aryl methyl sites for hydroxylation is 3. The minimum atomic E-state index is -0.261. The molecule has 2 aliphatic heterocycles. The number of amides is 1. The number of nitriles is 1. The fraction of sp³-hybridized carbons (Fsp3) is 0.267. The van der Waals surface area contributed by atoms with E-state index in [2.05, 4.69) is 43.9 Å². The van der Waals surface area contributed by atoms with Crippen molar-refractivity contribution in [1.29, 1.82) is 5.26 Å². The van der Waals surface area contributed by atoms with Gasteiger partial charge in [-0.25, -0.2) is 0 Å². The number of fused-ring (bicyclic) bond motifs is 1. The molecule has 0 unspecified atom stereocenters. The molecule has 0 bridgehead atoms. The molecule has 188 valence electrons. The Morgan fingerprint density at radius 3 is 2.46 bits per heavy atom. The maximum Gasteiger partial charge on any atom is 0.229 e. The molecule has 3 aromatic rings. The molecule has 0 saturated carbocycles. The SMILES string of the molecule is Cc1cc(C)c(N2CSC3=C(C#N)[C@@H](c4ccc(OCc5ccccc5Cl)cc4)CC(=O)N3C2)c(C)c1. The molecule has 37 heavy (non-hydrogen) atoms. The Hall–Kier alpha value is -3.40. The van der Waals surface area contributed by atoms with Crippen LogP contribution in [0.15, 0.2) is 71.3 Å². The monoisotopic (exact) mass is 529 g/mol. The lowest BCUT2D eigenvalue weighted by atomic mass is 9.86. The van der Waals surface area contributed by atoms with E-state index in [1.807, 2.05) is 48.5 Å². The van der Waals surface area contributed by atoms with Crippen LogP contribution >= 0.6 is 23.4 Å². The normalized spacial score (nSPS) is 17.5. The number of ether oxygens (including phenoxy) is 1. The summed E-state index contributed by atoms with van der Waals surface area (Å²) in [6, 6.07) is 22.1. The molecule has 1 atom stereocenters. The fourth-order valence-corrected chi connectivity index (χ4v) is 6.57. The highest BCUT2D eigenvalue weighted by Gasteiger charge is 2.38. The van der Waals surface area contributed by atoms with Gasteiger partial charge in [0.15, 0.2) is 0 Å². The zero-order valence-electron chi connectivity index (χ0n) is 21.1. The number of anilines is 1. The van der Waals surface area contributed by atoms with Gasteiger partial charge in [0.05, 0.1) is 29.2 Å². The molecule has 0 spiro atoms. The van der Waals surface area contributed by atoms with Gasteiger partial charge in [-0.3, -0.25) is 9.69 Å². The first-order chi connectivity index (χ1) is 17.9.